The van der Waals surface area contributed by atoms with Gasteiger partial charge < -0.3 is 15.0 Å². The Morgan fingerprint density at radius 3 is 2.45 bits per heavy atom. The highest BCUT2D eigenvalue weighted by Gasteiger charge is 2.53. The summed E-state index contributed by atoms with van der Waals surface area (Å²) in [6, 6.07) is 26.1. The number of amides is 4. The number of imide groups is 1. The molecule has 7 rings (SSSR count). The molecular weight excluding hydrogens is 559 g/mol. The van der Waals surface area contributed by atoms with Gasteiger partial charge in [0, 0.05) is 29.6 Å². The zero-order valence-electron chi connectivity index (χ0n) is 23.9. The average molecular weight is 589 g/mol. The molecule has 4 amide bonds. The van der Waals surface area contributed by atoms with E-state index in [1.54, 1.807) is 48.4 Å². The second-order valence-electron chi connectivity index (χ2n) is 11.0. The predicted molar refractivity (Wildman–Crippen MR) is 164 cm³/mol. The maximum atomic E-state index is 14.3. The lowest BCUT2D eigenvalue weighted by atomic mass is 9.89. The molecule has 0 saturated carbocycles. The molecule has 0 radical (unpaired) electrons. The maximum absolute atomic E-state index is 14.3. The number of carbonyl (C=O) groups excluding carboxylic acids is 3. The van der Waals surface area contributed by atoms with E-state index in [1.165, 1.54) is 12.1 Å². The third-order valence-corrected chi connectivity index (χ3v) is 8.48. The van der Waals surface area contributed by atoms with Crippen molar-refractivity contribution < 1.29 is 23.5 Å². The van der Waals surface area contributed by atoms with Gasteiger partial charge in [-0.25, -0.2) is 14.1 Å². The van der Waals surface area contributed by atoms with Gasteiger partial charge in [-0.05, 0) is 65.6 Å². The van der Waals surface area contributed by atoms with Gasteiger partial charge in [0.25, 0.3) is 11.8 Å². The van der Waals surface area contributed by atoms with Crippen LogP contribution in [0.5, 0.6) is 5.75 Å². The number of anilines is 1. The summed E-state index contributed by atoms with van der Waals surface area (Å²) in [4.78, 5) is 47.9. The van der Waals surface area contributed by atoms with Gasteiger partial charge in [-0.1, -0.05) is 54.6 Å². The molecule has 3 heterocycles. The standard InChI is InChI=1S/C35H29FN4O4/c1-44-24-16-10-21(11-17-24)18-19-37-33(41)26-7-3-5-9-29(26)40-34(42)30-20-27-25-6-2-4-8-28(25)38-31(27)32(39(30)35(40)43)22-12-14-23(36)15-13-22/h2-17,30,32,38H,18-20H2,1H3,(H,37,41)/t30-,32-/m0/s1. The number of H-pyrrole nitrogens is 1. The molecule has 44 heavy (non-hydrogen) atoms. The zero-order valence-corrected chi connectivity index (χ0v) is 23.9. The number of nitrogens with zero attached hydrogens (tertiary/aromatic N) is 2. The first-order valence-electron chi connectivity index (χ1n) is 14.5. The number of halogens is 1. The number of rotatable bonds is 7. The highest BCUT2D eigenvalue weighted by atomic mass is 19.1. The summed E-state index contributed by atoms with van der Waals surface area (Å²) in [7, 11) is 1.61. The third-order valence-electron chi connectivity index (χ3n) is 8.48. The molecule has 1 fully saturated rings. The molecule has 2 atom stereocenters. The quantitative estimate of drug-likeness (QED) is 0.236. The Kier molecular flexibility index (Phi) is 6.85. The fourth-order valence-corrected chi connectivity index (χ4v) is 6.36. The minimum absolute atomic E-state index is 0.227. The Morgan fingerprint density at radius 2 is 1.68 bits per heavy atom. The Bertz CT molecular complexity index is 1900. The van der Waals surface area contributed by atoms with Gasteiger partial charge in [0.1, 0.15) is 23.7 Å². The number of benzene rings is 4. The summed E-state index contributed by atoms with van der Waals surface area (Å²) < 4.78 is 19.2. The topological polar surface area (TPSA) is 94.7 Å². The summed E-state index contributed by atoms with van der Waals surface area (Å²) >= 11 is 0. The van der Waals surface area contributed by atoms with Crippen LogP contribution in [0.1, 0.15) is 38.8 Å². The van der Waals surface area contributed by atoms with Crippen molar-refractivity contribution in [2.24, 2.45) is 0 Å². The Morgan fingerprint density at radius 1 is 0.955 bits per heavy atom. The molecule has 0 aliphatic carbocycles. The van der Waals surface area contributed by atoms with Crippen molar-refractivity contribution in [2.75, 3.05) is 18.6 Å². The van der Waals surface area contributed by atoms with E-state index in [-0.39, 0.29) is 17.2 Å². The van der Waals surface area contributed by atoms with Gasteiger partial charge in [0.05, 0.1) is 18.4 Å². The van der Waals surface area contributed by atoms with E-state index in [2.05, 4.69) is 10.3 Å². The fourth-order valence-electron chi connectivity index (χ4n) is 6.36. The van der Waals surface area contributed by atoms with Crippen LogP contribution in [0, 0.1) is 5.82 Å². The lowest BCUT2D eigenvalue weighted by Gasteiger charge is -2.36. The van der Waals surface area contributed by atoms with Gasteiger partial charge in [-0.2, -0.15) is 0 Å². The lowest BCUT2D eigenvalue weighted by Crippen LogP contribution is -2.44. The van der Waals surface area contributed by atoms with Crippen molar-refractivity contribution >= 4 is 34.4 Å². The Balaban J connectivity index is 1.21. The maximum Gasteiger partial charge on any atom is 0.332 e. The van der Waals surface area contributed by atoms with Crippen LogP contribution in [0.15, 0.2) is 97.1 Å². The van der Waals surface area contributed by atoms with E-state index in [1.807, 2.05) is 48.5 Å². The van der Waals surface area contributed by atoms with Crippen LogP contribution in [0.3, 0.4) is 0 Å². The molecule has 1 aromatic heterocycles. The first-order chi connectivity index (χ1) is 21.4. The summed E-state index contributed by atoms with van der Waals surface area (Å²) in [6.45, 7) is 0.366. The molecule has 0 bridgehead atoms. The van der Waals surface area contributed by atoms with Gasteiger partial charge in [0.2, 0.25) is 0 Å². The number of fused-ring (bicyclic) bond motifs is 4. The zero-order chi connectivity index (χ0) is 30.4. The Hall–Kier alpha value is -5.44. The molecule has 2 aliphatic rings. The van der Waals surface area contributed by atoms with Crippen molar-refractivity contribution in [3.63, 3.8) is 0 Å². The smallest absolute Gasteiger partial charge is 0.332 e. The van der Waals surface area contributed by atoms with Crippen molar-refractivity contribution in [3.8, 4) is 5.75 Å². The third kappa shape index (κ3) is 4.57. The van der Waals surface area contributed by atoms with Crippen LogP contribution >= 0.6 is 0 Å². The van der Waals surface area contributed by atoms with Crippen LogP contribution in [-0.2, 0) is 17.6 Å². The molecule has 1 saturated heterocycles. The number of hydrogen-bond acceptors (Lipinski definition) is 4. The molecule has 9 heteroatoms. The van der Waals surface area contributed by atoms with E-state index >= 15 is 0 Å². The average Bonchev–Trinajstić information content (AvgIpc) is 3.54. The number of aromatic amines is 1. The van der Waals surface area contributed by atoms with Gasteiger partial charge >= 0.3 is 6.03 Å². The largest absolute Gasteiger partial charge is 0.497 e. The highest BCUT2D eigenvalue weighted by Crippen LogP contribution is 2.45. The van der Waals surface area contributed by atoms with E-state index in [0.29, 0.717) is 24.9 Å². The molecule has 0 spiro atoms. The van der Waals surface area contributed by atoms with Crippen molar-refractivity contribution in [1.82, 2.24) is 15.2 Å². The number of ether oxygens (including phenoxy) is 1. The second-order valence-corrected chi connectivity index (χ2v) is 11.0. The first-order valence-corrected chi connectivity index (χ1v) is 14.5. The van der Waals surface area contributed by atoms with E-state index in [9.17, 15) is 18.8 Å². The predicted octanol–water partition coefficient (Wildman–Crippen LogP) is 5.77. The monoisotopic (exact) mass is 588 g/mol. The van der Waals surface area contributed by atoms with E-state index in [0.717, 1.165) is 38.4 Å². The minimum atomic E-state index is -0.796. The van der Waals surface area contributed by atoms with Crippen LogP contribution < -0.4 is 15.0 Å². The van der Waals surface area contributed by atoms with E-state index in [4.69, 9.17) is 4.74 Å². The van der Waals surface area contributed by atoms with Crippen molar-refractivity contribution in [1.29, 1.82) is 0 Å². The van der Waals surface area contributed by atoms with Crippen LogP contribution in [0.25, 0.3) is 10.9 Å². The number of hydrogen-bond donors (Lipinski definition) is 2. The summed E-state index contributed by atoms with van der Waals surface area (Å²) in [6.07, 6.45) is 0.911. The number of nitrogens with one attached hydrogen (secondary N) is 2. The second kappa shape index (κ2) is 11.0. The fraction of sp³-hybridized carbons (Fsp3) is 0.171. The first kappa shape index (κ1) is 27.4. The molecule has 0 unspecified atom stereocenters. The number of aromatic nitrogens is 1. The molecular formula is C35H29FN4O4. The number of methoxy groups -OCH3 is 1. The van der Waals surface area contributed by atoms with E-state index < -0.39 is 29.8 Å². The summed E-state index contributed by atoms with van der Waals surface area (Å²) in [5, 5.41) is 3.91. The molecule has 2 N–H and O–H groups in total. The van der Waals surface area contributed by atoms with Crippen molar-refractivity contribution in [3.05, 3.63) is 131 Å². The lowest BCUT2D eigenvalue weighted by molar-refractivity contribution is -0.120. The summed E-state index contributed by atoms with van der Waals surface area (Å²) in [5.41, 5.74) is 4.81. The number of carbonyl (C=O) groups is 3. The Labute approximate surface area is 253 Å². The number of para-hydroxylation sites is 2. The molecule has 5 aromatic rings. The molecule has 220 valence electrons. The van der Waals surface area contributed by atoms with Crippen LogP contribution in [0.2, 0.25) is 0 Å². The summed E-state index contributed by atoms with van der Waals surface area (Å²) in [5.74, 6) is -0.428. The molecule has 8 nitrogen and oxygen atoms in total. The normalized spacial score (nSPS) is 17.5. The van der Waals surface area contributed by atoms with Crippen molar-refractivity contribution in [2.45, 2.75) is 24.9 Å². The van der Waals surface area contributed by atoms with Crippen LogP contribution in [-0.4, -0.2) is 47.4 Å². The van der Waals surface area contributed by atoms with Gasteiger partial charge in [0.15, 0.2) is 0 Å². The highest BCUT2D eigenvalue weighted by molar-refractivity contribution is 6.24. The SMILES string of the molecule is COc1ccc(CCNC(=O)c2ccccc2N2C(=O)[C@@H]3Cc4c([nH]c5ccccc45)[C@H](c4ccc(F)cc4)N3C2=O)cc1. The van der Waals surface area contributed by atoms with Gasteiger partial charge in [-0.15, -0.1) is 0 Å². The minimum Gasteiger partial charge on any atom is -0.497 e. The molecule has 2 aliphatic heterocycles. The van der Waals surface area contributed by atoms with Gasteiger partial charge in [-0.3, -0.25) is 14.5 Å². The molecule has 4 aromatic carbocycles. The number of urea groups is 1. The van der Waals surface area contributed by atoms with Crippen LogP contribution in [0.4, 0.5) is 14.9 Å².